The Labute approximate surface area is 268 Å². The molecule has 1 aliphatic rings. The molecule has 1 saturated heterocycles. The van der Waals surface area contributed by atoms with E-state index in [0.717, 1.165) is 11.1 Å². The van der Waals surface area contributed by atoms with Crippen molar-refractivity contribution in [3.63, 3.8) is 0 Å². The predicted molar refractivity (Wildman–Crippen MR) is 171 cm³/mol. The predicted octanol–water partition coefficient (Wildman–Crippen LogP) is 2.90. The summed E-state index contributed by atoms with van der Waals surface area (Å²) < 4.78 is 0. The SMILES string of the molecule is CCN(CC)C(=O)C(Cc1ccc(O)cc1)NC(=O)c1cccc(C[C@H](NC(=O)[C@@H]2CCC(=O)N2Cc2ccccc2)C(=O)O)c1. The van der Waals surface area contributed by atoms with Crippen molar-refractivity contribution in [2.24, 2.45) is 0 Å². The molecule has 3 aromatic carbocycles. The second-order valence-corrected chi connectivity index (χ2v) is 11.3. The summed E-state index contributed by atoms with van der Waals surface area (Å²) >= 11 is 0. The molecule has 11 nitrogen and oxygen atoms in total. The maximum Gasteiger partial charge on any atom is 0.326 e. The van der Waals surface area contributed by atoms with Crippen LogP contribution >= 0.6 is 0 Å². The summed E-state index contributed by atoms with van der Waals surface area (Å²) in [6.07, 6.45) is 0.595. The quantitative estimate of drug-likeness (QED) is 0.214. The molecule has 1 heterocycles. The molecule has 4 N–H and O–H groups in total. The number of aromatic hydroxyl groups is 1. The van der Waals surface area contributed by atoms with Gasteiger partial charge in [0.15, 0.2) is 0 Å². The third-order valence-corrected chi connectivity index (χ3v) is 8.12. The average Bonchev–Trinajstić information content (AvgIpc) is 3.41. The van der Waals surface area contributed by atoms with E-state index in [1.165, 1.54) is 23.1 Å². The van der Waals surface area contributed by atoms with E-state index in [-0.39, 0.29) is 55.4 Å². The minimum absolute atomic E-state index is 0.0910. The Morgan fingerprint density at radius 2 is 1.50 bits per heavy atom. The Morgan fingerprint density at radius 3 is 2.15 bits per heavy atom. The van der Waals surface area contributed by atoms with Crippen molar-refractivity contribution in [3.8, 4) is 5.75 Å². The van der Waals surface area contributed by atoms with Crippen molar-refractivity contribution in [1.82, 2.24) is 20.4 Å². The molecule has 0 aromatic heterocycles. The van der Waals surface area contributed by atoms with Gasteiger partial charge in [0.2, 0.25) is 17.7 Å². The van der Waals surface area contributed by atoms with Gasteiger partial charge in [-0.25, -0.2) is 4.79 Å². The highest BCUT2D eigenvalue weighted by Gasteiger charge is 2.37. The molecule has 0 saturated carbocycles. The normalized spacial score (nSPS) is 15.6. The van der Waals surface area contributed by atoms with Crippen molar-refractivity contribution in [3.05, 3.63) is 101 Å². The standard InChI is InChI=1S/C35H40N4O7/c1-3-38(4-2)34(44)28(20-23-13-15-27(40)16-14-23)36-32(42)26-12-8-11-25(19-26)21-29(35(45)46)37-33(43)30-17-18-31(41)39(30)22-24-9-6-5-7-10-24/h5-16,19,28-30,40H,3-4,17-18,20-22H2,1-2H3,(H,36,42)(H,37,43)(H,45,46)/t28?,29-,30-/m0/s1. The van der Waals surface area contributed by atoms with E-state index in [0.29, 0.717) is 18.7 Å². The fraction of sp³-hybridized carbons (Fsp3) is 0.343. The molecule has 3 aromatic rings. The van der Waals surface area contributed by atoms with Crippen LogP contribution in [0.4, 0.5) is 0 Å². The minimum atomic E-state index is -1.30. The van der Waals surface area contributed by atoms with Crippen LogP contribution in [-0.4, -0.2) is 80.8 Å². The number of benzene rings is 3. The number of hydrogen-bond donors (Lipinski definition) is 4. The summed E-state index contributed by atoms with van der Waals surface area (Å²) in [5.41, 5.74) is 2.34. The molecule has 1 aliphatic heterocycles. The fourth-order valence-electron chi connectivity index (χ4n) is 5.59. The van der Waals surface area contributed by atoms with Crippen LogP contribution in [0.2, 0.25) is 0 Å². The number of likely N-dealkylation sites (tertiary alicyclic amines) is 1. The van der Waals surface area contributed by atoms with Gasteiger partial charge in [-0.05, 0) is 61.2 Å². The van der Waals surface area contributed by atoms with Gasteiger partial charge in [0, 0.05) is 44.5 Å². The molecule has 3 atom stereocenters. The fourth-order valence-corrected chi connectivity index (χ4v) is 5.59. The third kappa shape index (κ3) is 8.71. The summed E-state index contributed by atoms with van der Waals surface area (Å²) in [5.74, 6) is -2.63. The number of nitrogens with zero attached hydrogens (tertiary/aromatic N) is 2. The first kappa shape index (κ1) is 33.7. The summed E-state index contributed by atoms with van der Waals surface area (Å²) in [6.45, 7) is 4.89. The van der Waals surface area contributed by atoms with Crippen LogP contribution in [0.1, 0.15) is 53.7 Å². The van der Waals surface area contributed by atoms with Gasteiger partial charge in [-0.2, -0.15) is 0 Å². The van der Waals surface area contributed by atoms with E-state index in [4.69, 9.17) is 0 Å². The molecule has 4 rings (SSSR count). The van der Waals surface area contributed by atoms with Crippen molar-refractivity contribution in [2.75, 3.05) is 13.1 Å². The summed E-state index contributed by atoms with van der Waals surface area (Å²) in [4.78, 5) is 67.8. The van der Waals surface area contributed by atoms with Crippen LogP contribution in [-0.2, 0) is 38.6 Å². The van der Waals surface area contributed by atoms with E-state index in [9.17, 15) is 34.2 Å². The second kappa shape index (κ2) is 15.7. The van der Waals surface area contributed by atoms with Crippen LogP contribution in [0.5, 0.6) is 5.75 Å². The summed E-state index contributed by atoms with van der Waals surface area (Å²) in [7, 11) is 0. The number of likely N-dealkylation sites (N-methyl/N-ethyl adjacent to an activating group) is 1. The van der Waals surface area contributed by atoms with Crippen molar-refractivity contribution < 1.29 is 34.2 Å². The highest BCUT2D eigenvalue weighted by molar-refractivity contribution is 5.98. The Kier molecular flexibility index (Phi) is 11.5. The lowest BCUT2D eigenvalue weighted by atomic mass is 10.0. The number of carbonyl (C=O) groups excluding carboxylic acids is 4. The average molecular weight is 629 g/mol. The molecule has 1 fully saturated rings. The topological polar surface area (TPSA) is 156 Å². The molecule has 46 heavy (non-hydrogen) atoms. The molecular formula is C35H40N4O7. The molecule has 0 bridgehead atoms. The molecule has 242 valence electrons. The Bertz CT molecular complexity index is 1540. The third-order valence-electron chi connectivity index (χ3n) is 8.12. The number of carboxylic acid groups (broad SMARTS) is 1. The lowest BCUT2D eigenvalue weighted by molar-refractivity contribution is -0.143. The number of nitrogens with one attached hydrogen (secondary N) is 2. The van der Waals surface area contributed by atoms with Crippen LogP contribution in [0.25, 0.3) is 0 Å². The largest absolute Gasteiger partial charge is 0.508 e. The van der Waals surface area contributed by atoms with Crippen molar-refractivity contribution in [1.29, 1.82) is 0 Å². The van der Waals surface area contributed by atoms with E-state index in [2.05, 4.69) is 10.6 Å². The Morgan fingerprint density at radius 1 is 0.848 bits per heavy atom. The number of carboxylic acids is 1. The van der Waals surface area contributed by atoms with Crippen molar-refractivity contribution in [2.45, 2.75) is 64.2 Å². The first-order valence-corrected chi connectivity index (χ1v) is 15.4. The lowest BCUT2D eigenvalue weighted by Crippen LogP contribution is -2.50. The molecule has 0 spiro atoms. The lowest BCUT2D eigenvalue weighted by Gasteiger charge is -2.26. The molecule has 4 amide bonds. The van der Waals surface area contributed by atoms with E-state index in [1.807, 2.05) is 44.2 Å². The summed E-state index contributed by atoms with van der Waals surface area (Å²) in [5, 5.41) is 25.0. The molecule has 11 heteroatoms. The van der Waals surface area contributed by atoms with Gasteiger partial charge in [0.25, 0.3) is 5.91 Å². The molecule has 0 aliphatic carbocycles. The van der Waals surface area contributed by atoms with Crippen molar-refractivity contribution >= 4 is 29.6 Å². The highest BCUT2D eigenvalue weighted by atomic mass is 16.4. The Balaban J connectivity index is 1.46. The Hall–Kier alpha value is -5.19. The van der Waals surface area contributed by atoms with E-state index >= 15 is 0 Å². The van der Waals surface area contributed by atoms with E-state index < -0.39 is 35.9 Å². The number of carbonyl (C=O) groups is 5. The number of amides is 4. The zero-order valence-corrected chi connectivity index (χ0v) is 26.0. The number of phenolic OH excluding ortho intramolecular Hbond substituents is 1. The van der Waals surface area contributed by atoms with Gasteiger partial charge in [-0.3, -0.25) is 19.2 Å². The van der Waals surface area contributed by atoms with Gasteiger partial charge >= 0.3 is 5.97 Å². The molecule has 0 radical (unpaired) electrons. The monoisotopic (exact) mass is 628 g/mol. The molecule has 1 unspecified atom stereocenters. The first-order chi connectivity index (χ1) is 22.1. The smallest absolute Gasteiger partial charge is 0.326 e. The van der Waals surface area contributed by atoms with Gasteiger partial charge < -0.3 is 30.6 Å². The minimum Gasteiger partial charge on any atom is -0.508 e. The maximum atomic E-state index is 13.4. The van der Waals surface area contributed by atoms with Crippen LogP contribution in [0, 0.1) is 0 Å². The molecular weight excluding hydrogens is 588 g/mol. The van der Waals surface area contributed by atoms with Gasteiger partial charge in [-0.1, -0.05) is 54.6 Å². The van der Waals surface area contributed by atoms with Crippen LogP contribution in [0.3, 0.4) is 0 Å². The van der Waals surface area contributed by atoms with E-state index in [1.54, 1.807) is 35.2 Å². The second-order valence-electron chi connectivity index (χ2n) is 11.3. The van der Waals surface area contributed by atoms with Gasteiger partial charge in [-0.15, -0.1) is 0 Å². The zero-order valence-electron chi connectivity index (χ0n) is 26.0. The maximum absolute atomic E-state index is 13.4. The van der Waals surface area contributed by atoms with Crippen LogP contribution < -0.4 is 10.6 Å². The number of phenols is 1. The number of rotatable bonds is 14. The zero-order chi connectivity index (χ0) is 33.2. The summed E-state index contributed by atoms with van der Waals surface area (Å²) in [6, 6.07) is 19.1. The van der Waals surface area contributed by atoms with Crippen LogP contribution in [0.15, 0.2) is 78.9 Å². The van der Waals surface area contributed by atoms with Gasteiger partial charge in [0.05, 0.1) is 0 Å². The van der Waals surface area contributed by atoms with Gasteiger partial charge in [0.1, 0.15) is 23.9 Å². The number of aliphatic carboxylic acids is 1. The highest BCUT2D eigenvalue weighted by Crippen LogP contribution is 2.22. The first-order valence-electron chi connectivity index (χ1n) is 15.4. The number of hydrogen-bond acceptors (Lipinski definition) is 6.